The average molecular weight is 205 g/mol. The second-order valence-corrected chi connectivity index (χ2v) is 2.57. The maximum atomic E-state index is 5.22. The molecule has 1 heterocycles. The fourth-order valence-corrected chi connectivity index (χ4v) is 0.811. The van der Waals surface area contributed by atoms with Gasteiger partial charge in [0.2, 0.25) is 6.29 Å². The first-order chi connectivity index (χ1) is 4.93. The molecule has 1 aliphatic heterocycles. The van der Waals surface area contributed by atoms with Crippen LogP contribution in [-0.2, 0) is 9.47 Å². The molecule has 0 aromatic carbocycles. The van der Waals surface area contributed by atoms with Crippen molar-refractivity contribution in [1.82, 2.24) is 0 Å². The zero-order chi connectivity index (χ0) is 7.23. The number of hydrogen-bond donors (Lipinski definition) is 0. The summed E-state index contributed by atoms with van der Waals surface area (Å²) in [7, 11) is 0. The molecule has 0 aromatic rings. The molecule has 0 radical (unpaired) electrons. The number of alkyl halides is 1. The van der Waals surface area contributed by atoms with Gasteiger partial charge in [-0.3, -0.25) is 0 Å². The van der Waals surface area contributed by atoms with Gasteiger partial charge in [0.25, 0.3) is 0 Å². The van der Waals surface area contributed by atoms with Crippen LogP contribution in [0.1, 0.15) is 0 Å². The van der Waals surface area contributed by atoms with Gasteiger partial charge in [-0.1, -0.05) is 22.0 Å². The van der Waals surface area contributed by atoms with Crippen LogP contribution in [0.25, 0.3) is 0 Å². The van der Waals surface area contributed by atoms with Gasteiger partial charge in [-0.05, 0) is 12.2 Å². The van der Waals surface area contributed by atoms with E-state index in [4.69, 9.17) is 9.47 Å². The zero-order valence-electron chi connectivity index (χ0n) is 5.50. The molecular formula is C7H9BrO2. The minimum Gasteiger partial charge on any atom is -0.469 e. The highest BCUT2D eigenvalue weighted by atomic mass is 79.9. The maximum absolute atomic E-state index is 5.22. The van der Waals surface area contributed by atoms with Crippen molar-refractivity contribution in [2.24, 2.45) is 0 Å². The van der Waals surface area contributed by atoms with Crippen molar-refractivity contribution in [3.63, 3.8) is 0 Å². The standard InChI is InChI=1S/C7H9BrO2/c8-4-6-10-7-3-1-2-5-9-7/h1-3,5,7H,4,6H2. The summed E-state index contributed by atoms with van der Waals surface area (Å²) in [6, 6.07) is 0. The summed E-state index contributed by atoms with van der Waals surface area (Å²) in [6.07, 6.45) is 7.03. The molecule has 0 amide bonds. The number of allylic oxidation sites excluding steroid dienone is 2. The highest BCUT2D eigenvalue weighted by Crippen LogP contribution is 2.03. The van der Waals surface area contributed by atoms with Crippen LogP contribution in [0.4, 0.5) is 0 Å². The predicted octanol–water partition coefficient (Wildman–Crippen LogP) is 1.82. The Hall–Kier alpha value is -0.280. The molecular weight excluding hydrogens is 196 g/mol. The first-order valence-electron chi connectivity index (χ1n) is 3.10. The van der Waals surface area contributed by atoms with E-state index < -0.39 is 0 Å². The Kier molecular flexibility index (Phi) is 3.54. The average Bonchev–Trinajstić information content (AvgIpc) is 2.03. The summed E-state index contributed by atoms with van der Waals surface area (Å²) in [5.74, 6) is 0. The van der Waals surface area contributed by atoms with E-state index in [9.17, 15) is 0 Å². The van der Waals surface area contributed by atoms with E-state index >= 15 is 0 Å². The van der Waals surface area contributed by atoms with Crippen molar-refractivity contribution >= 4 is 15.9 Å². The number of hydrogen-bond acceptors (Lipinski definition) is 2. The smallest absolute Gasteiger partial charge is 0.219 e. The lowest BCUT2D eigenvalue weighted by Gasteiger charge is -2.14. The normalized spacial score (nSPS) is 22.7. The molecule has 10 heavy (non-hydrogen) atoms. The summed E-state index contributed by atoms with van der Waals surface area (Å²) < 4.78 is 10.3. The molecule has 1 rings (SSSR count). The Morgan fingerprint density at radius 3 is 3.00 bits per heavy atom. The van der Waals surface area contributed by atoms with Gasteiger partial charge in [-0.15, -0.1) is 0 Å². The van der Waals surface area contributed by atoms with Crippen LogP contribution < -0.4 is 0 Å². The molecule has 0 spiro atoms. The first-order valence-corrected chi connectivity index (χ1v) is 4.22. The van der Waals surface area contributed by atoms with Crippen molar-refractivity contribution in [3.05, 3.63) is 24.5 Å². The van der Waals surface area contributed by atoms with Gasteiger partial charge in [0.1, 0.15) is 0 Å². The highest BCUT2D eigenvalue weighted by Gasteiger charge is 2.03. The van der Waals surface area contributed by atoms with Crippen LogP contribution in [0.3, 0.4) is 0 Å². The third kappa shape index (κ3) is 2.54. The Balaban J connectivity index is 2.17. The molecule has 2 nitrogen and oxygen atoms in total. The summed E-state index contributed by atoms with van der Waals surface area (Å²) in [6.45, 7) is 0.669. The van der Waals surface area contributed by atoms with Crippen LogP contribution in [-0.4, -0.2) is 18.2 Å². The topological polar surface area (TPSA) is 18.5 Å². The van der Waals surface area contributed by atoms with Crippen molar-refractivity contribution in [2.45, 2.75) is 6.29 Å². The highest BCUT2D eigenvalue weighted by molar-refractivity contribution is 9.09. The molecule has 3 heteroatoms. The molecule has 0 N–H and O–H groups in total. The molecule has 0 saturated carbocycles. The Labute approximate surface area is 68.6 Å². The second kappa shape index (κ2) is 4.52. The molecule has 0 bridgehead atoms. The molecule has 56 valence electrons. The third-order valence-corrected chi connectivity index (χ3v) is 1.35. The largest absolute Gasteiger partial charge is 0.469 e. The number of ether oxygens (including phenoxy) is 2. The molecule has 1 aliphatic rings. The molecule has 0 aromatic heterocycles. The Bertz CT molecular complexity index is 143. The number of halogens is 1. The molecule has 1 atom stereocenters. The lowest BCUT2D eigenvalue weighted by atomic mass is 10.4. The van der Waals surface area contributed by atoms with Gasteiger partial charge in [-0.2, -0.15) is 0 Å². The minimum atomic E-state index is -0.192. The van der Waals surface area contributed by atoms with Gasteiger partial charge in [0, 0.05) is 5.33 Å². The lowest BCUT2D eigenvalue weighted by molar-refractivity contribution is -0.0678. The van der Waals surface area contributed by atoms with Crippen molar-refractivity contribution in [2.75, 3.05) is 11.9 Å². The molecule has 0 saturated heterocycles. The van der Waals surface area contributed by atoms with E-state index in [-0.39, 0.29) is 6.29 Å². The van der Waals surface area contributed by atoms with E-state index in [0.717, 1.165) is 5.33 Å². The quantitative estimate of drug-likeness (QED) is 0.654. The number of rotatable bonds is 3. The lowest BCUT2D eigenvalue weighted by Crippen LogP contribution is -2.14. The van der Waals surface area contributed by atoms with E-state index in [1.54, 1.807) is 6.26 Å². The monoisotopic (exact) mass is 204 g/mol. The summed E-state index contributed by atoms with van der Waals surface area (Å²) in [5.41, 5.74) is 0. The van der Waals surface area contributed by atoms with Gasteiger partial charge >= 0.3 is 0 Å². The van der Waals surface area contributed by atoms with Crippen LogP contribution >= 0.6 is 15.9 Å². The van der Waals surface area contributed by atoms with E-state index in [1.165, 1.54) is 0 Å². The van der Waals surface area contributed by atoms with Gasteiger partial charge in [-0.25, -0.2) is 0 Å². The SMILES string of the molecule is BrCCOC1C=CC=CO1. The fraction of sp³-hybridized carbons (Fsp3) is 0.429. The molecule has 0 fully saturated rings. The Morgan fingerprint density at radius 1 is 1.50 bits per heavy atom. The Morgan fingerprint density at radius 2 is 2.40 bits per heavy atom. The van der Waals surface area contributed by atoms with Gasteiger partial charge in [0.15, 0.2) is 0 Å². The first kappa shape index (κ1) is 7.82. The fourth-order valence-electron chi connectivity index (χ4n) is 0.624. The second-order valence-electron chi connectivity index (χ2n) is 1.78. The minimum absolute atomic E-state index is 0.192. The van der Waals surface area contributed by atoms with Crippen LogP contribution in [0, 0.1) is 0 Å². The predicted molar refractivity (Wildman–Crippen MR) is 42.9 cm³/mol. The van der Waals surface area contributed by atoms with Crippen molar-refractivity contribution in [3.8, 4) is 0 Å². The van der Waals surface area contributed by atoms with Crippen LogP contribution in [0.15, 0.2) is 24.5 Å². The van der Waals surface area contributed by atoms with Gasteiger partial charge < -0.3 is 9.47 Å². The maximum Gasteiger partial charge on any atom is 0.219 e. The van der Waals surface area contributed by atoms with Gasteiger partial charge in [0.05, 0.1) is 12.9 Å². The summed E-state index contributed by atoms with van der Waals surface area (Å²) in [5, 5.41) is 0.838. The molecule has 1 unspecified atom stereocenters. The van der Waals surface area contributed by atoms with Crippen molar-refractivity contribution in [1.29, 1.82) is 0 Å². The summed E-state index contributed by atoms with van der Waals surface area (Å²) in [4.78, 5) is 0. The third-order valence-electron chi connectivity index (χ3n) is 1.03. The van der Waals surface area contributed by atoms with E-state index in [1.807, 2.05) is 18.2 Å². The zero-order valence-corrected chi connectivity index (χ0v) is 7.08. The van der Waals surface area contributed by atoms with Crippen LogP contribution in [0.2, 0.25) is 0 Å². The van der Waals surface area contributed by atoms with Crippen molar-refractivity contribution < 1.29 is 9.47 Å². The summed E-state index contributed by atoms with van der Waals surface area (Å²) >= 11 is 3.25. The van der Waals surface area contributed by atoms with E-state index in [0.29, 0.717) is 6.61 Å². The van der Waals surface area contributed by atoms with E-state index in [2.05, 4.69) is 15.9 Å². The van der Waals surface area contributed by atoms with Crippen LogP contribution in [0.5, 0.6) is 0 Å². The molecule has 0 aliphatic carbocycles.